The minimum Gasteiger partial charge on any atom is -0.390 e. The molecule has 1 fully saturated rings. The summed E-state index contributed by atoms with van der Waals surface area (Å²) in [5, 5.41) is 9.98. The summed E-state index contributed by atoms with van der Waals surface area (Å²) >= 11 is 0. The van der Waals surface area contributed by atoms with Crippen LogP contribution < -0.4 is 11.3 Å². The molecule has 2 aromatic rings. The van der Waals surface area contributed by atoms with Crippen molar-refractivity contribution in [2.45, 2.75) is 24.9 Å². The molecule has 0 radical (unpaired) electrons. The first-order valence-electron chi connectivity index (χ1n) is 6.90. The fourth-order valence-electron chi connectivity index (χ4n) is 2.48. The molecule has 0 unspecified atom stereocenters. The Morgan fingerprint density at radius 1 is 1.54 bits per heavy atom. The Labute approximate surface area is 134 Å². The minimum absolute atomic E-state index is 0.00539. The van der Waals surface area contributed by atoms with Gasteiger partial charge in [-0.05, 0) is 0 Å². The number of imidazole rings is 1. The van der Waals surface area contributed by atoms with Gasteiger partial charge in [0.15, 0.2) is 11.2 Å². The van der Waals surface area contributed by atoms with Gasteiger partial charge in [-0.1, -0.05) is 0 Å². The summed E-state index contributed by atoms with van der Waals surface area (Å²) in [7, 11) is -3.20. The van der Waals surface area contributed by atoms with Crippen molar-refractivity contribution in [1.29, 1.82) is 0 Å². The molecule has 13 heteroatoms. The van der Waals surface area contributed by atoms with Crippen LogP contribution in [0.15, 0.2) is 11.1 Å². The summed E-state index contributed by atoms with van der Waals surface area (Å²) in [6.07, 6.45) is -1.24. The number of nitrogen functional groups attached to an aromatic ring is 1. The number of aliphatic hydroxyl groups is 1. The third-order valence-corrected chi connectivity index (χ3v) is 4.25. The van der Waals surface area contributed by atoms with Crippen LogP contribution in [0.5, 0.6) is 0 Å². The molecule has 3 atom stereocenters. The second-order valence-corrected chi connectivity index (χ2v) is 6.62. The number of aliphatic hydroxyl groups excluding tert-OH is 1. The van der Waals surface area contributed by atoms with Crippen molar-refractivity contribution in [3.05, 3.63) is 16.7 Å². The van der Waals surface area contributed by atoms with Crippen LogP contribution in [0.4, 0.5) is 5.95 Å². The van der Waals surface area contributed by atoms with Crippen molar-refractivity contribution in [3.63, 3.8) is 0 Å². The Morgan fingerprint density at radius 3 is 2.92 bits per heavy atom. The summed E-state index contributed by atoms with van der Waals surface area (Å²) in [6, 6.07) is 0. The highest BCUT2D eigenvalue weighted by atomic mass is 31.2. The maximum atomic E-state index is 12.1. The second-order valence-electron chi connectivity index (χ2n) is 5.38. The Hall–Kier alpha value is -1.82. The summed E-state index contributed by atoms with van der Waals surface area (Å²) < 4.78 is 23.2. The number of nitrogens with zero attached hydrogens (tertiary/aromatic N) is 4. The van der Waals surface area contributed by atoms with E-state index in [1.54, 1.807) is 0 Å². The SMILES string of the molecule is Cn1c(N)nc2c(ncn2[C@H]2C[C@H](O)[C@@H](COP(=O)(O)O)O2)c1=O. The highest BCUT2D eigenvalue weighted by molar-refractivity contribution is 7.46. The van der Waals surface area contributed by atoms with Crippen LogP contribution in [0.1, 0.15) is 12.6 Å². The predicted octanol–water partition coefficient (Wildman–Crippen LogP) is -1.53. The zero-order valence-electron chi connectivity index (χ0n) is 12.5. The normalized spacial score (nSPS) is 24.8. The molecule has 24 heavy (non-hydrogen) atoms. The zero-order valence-corrected chi connectivity index (χ0v) is 13.4. The third kappa shape index (κ3) is 3.07. The molecule has 5 N–H and O–H groups in total. The molecular weight excluding hydrogens is 345 g/mol. The van der Waals surface area contributed by atoms with E-state index in [2.05, 4.69) is 14.5 Å². The average molecular weight is 361 g/mol. The summed E-state index contributed by atoms with van der Waals surface area (Å²) in [5.41, 5.74) is 5.55. The van der Waals surface area contributed by atoms with E-state index in [1.165, 1.54) is 17.9 Å². The van der Waals surface area contributed by atoms with Crippen LogP contribution >= 0.6 is 7.82 Å². The van der Waals surface area contributed by atoms with E-state index in [1.807, 2.05) is 0 Å². The van der Waals surface area contributed by atoms with Crippen LogP contribution in [0.3, 0.4) is 0 Å². The molecule has 3 heterocycles. The lowest BCUT2D eigenvalue weighted by Gasteiger charge is -2.16. The summed E-state index contributed by atoms with van der Waals surface area (Å²) in [6.45, 7) is -0.480. The van der Waals surface area contributed by atoms with Gasteiger partial charge in [0.25, 0.3) is 5.56 Å². The first-order chi connectivity index (χ1) is 11.2. The highest BCUT2D eigenvalue weighted by Gasteiger charge is 2.37. The highest BCUT2D eigenvalue weighted by Crippen LogP contribution is 2.38. The van der Waals surface area contributed by atoms with Crippen molar-refractivity contribution in [3.8, 4) is 0 Å². The van der Waals surface area contributed by atoms with E-state index in [0.29, 0.717) is 0 Å². The van der Waals surface area contributed by atoms with Gasteiger partial charge in [0, 0.05) is 13.5 Å². The van der Waals surface area contributed by atoms with Gasteiger partial charge in [0.2, 0.25) is 5.95 Å². The summed E-state index contributed by atoms with van der Waals surface area (Å²) in [5.74, 6) is -0.00539. The Bertz CT molecular complexity index is 874. The number of hydrogen-bond donors (Lipinski definition) is 4. The number of fused-ring (bicyclic) bond motifs is 1. The zero-order chi connectivity index (χ0) is 17.6. The lowest BCUT2D eigenvalue weighted by molar-refractivity contribution is -0.0424. The van der Waals surface area contributed by atoms with Gasteiger partial charge in [-0.3, -0.25) is 18.5 Å². The van der Waals surface area contributed by atoms with Gasteiger partial charge in [0.1, 0.15) is 12.3 Å². The largest absolute Gasteiger partial charge is 0.469 e. The van der Waals surface area contributed by atoms with Crippen LogP contribution in [0.25, 0.3) is 11.2 Å². The fourth-order valence-corrected chi connectivity index (χ4v) is 2.82. The lowest BCUT2D eigenvalue weighted by atomic mass is 10.2. The molecule has 132 valence electrons. The molecule has 0 amide bonds. The van der Waals surface area contributed by atoms with Crippen molar-refractivity contribution >= 4 is 24.9 Å². The third-order valence-electron chi connectivity index (χ3n) is 3.76. The molecule has 0 spiro atoms. The van der Waals surface area contributed by atoms with E-state index in [4.69, 9.17) is 20.3 Å². The first-order valence-corrected chi connectivity index (χ1v) is 8.43. The van der Waals surface area contributed by atoms with Gasteiger partial charge >= 0.3 is 7.82 Å². The lowest BCUT2D eigenvalue weighted by Crippen LogP contribution is -2.26. The van der Waals surface area contributed by atoms with Gasteiger partial charge in [0.05, 0.1) is 19.0 Å². The summed E-state index contributed by atoms with van der Waals surface area (Å²) in [4.78, 5) is 37.6. The second kappa shape index (κ2) is 5.92. The molecule has 12 nitrogen and oxygen atoms in total. The van der Waals surface area contributed by atoms with E-state index < -0.39 is 38.4 Å². The van der Waals surface area contributed by atoms with Crippen LogP contribution in [-0.4, -0.2) is 52.8 Å². The molecule has 1 aliphatic heterocycles. The molecule has 2 aromatic heterocycles. The van der Waals surface area contributed by atoms with Crippen LogP contribution in [-0.2, 0) is 20.9 Å². The number of rotatable bonds is 4. The number of anilines is 1. The molecule has 1 saturated heterocycles. The molecule has 0 aliphatic carbocycles. The number of phosphoric ester groups is 1. The van der Waals surface area contributed by atoms with E-state index in [0.717, 1.165) is 4.57 Å². The number of ether oxygens (including phenoxy) is 1. The molecule has 1 aliphatic rings. The van der Waals surface area contributed by atoms with Gasteiger partial charge in [-0.25, -0.2) is 9.55 Å². The molecule has 0 aromatic carbocycles. The van der Waals surface area contributed by atoms with E-state index >= 15 is 0 Å². The van der Waals surface area contributed by atoms with Crippen LogP contribution in [0, 0.1) is 0 Å². The Balaban J connectivity index is 1.87. The Kier molecular flexibility index (Phi) is 4.20. The molecule has 3 rings (SSSR count). The first kappa shape index (κ1) is 17.0. The average Bonchev–Trinajstić information content (AvgIpc) is 3.05. The molecule has 0 bridgehead atoms. The predicted molar refractivity (Wildman–Crippen MR) is 79.7 cm³/mol. The van der Waals surface area contributed by atoms with Crippen molar-refractivity contribution in [2.24, 2.45) is 7.05 Å². The van der Waals surface area contributed by atoms with E-state index in [9.17, 15) is 14.5 Å². The quantitative estimate of drug-likeness (QED) is 0.467. The molecule has 0 saturated carbocycles. The van der Waals surface area contributed by atoms with Gasteiger partial charge < -0.3 is 25.4 Å². The topological polar surface area (TPSA) is 175 Å². The van der Waals surface area contributed by atoms with Crippen molar-refractivity contribution < 1.29 is 28.7 Å². The van der Waals surface area contributed by atoms with Gasteiger partial charge in [-0.15, -0.1) is 0 Å². The molecular formula is C11H16N5O7P. The minimum atomic E-state index is -4.67. The van der Waals surface area contributed by atoms with E-state index in [-0.39, 0.29) is 23.5 Å². The Morgan fingerprint density at radius 2 is 2.25 bits per heavy atom. The maximum Gasteiger partial charge on any atom is 0.469 e. The van der Waals surface area contributed by atoms with Crippen molar-refractivity contribution in [1.82, 2.24) is 19.1 Å². The van der Waals surface area contributed by atoms with Crippen molar-refractivity contribution in [2.75, 3.05) is 12.3 Å². The standard InChI is InChI=1S/C11H16N5O7P/c1-15-10(18)8-9(14-11(15)12)16(4-13-8)7-2-5(17)6(23-7)3-22-24(19,20)21/h4-7,17H,2-3H2,1H3,(H2,12,14)(H2,19,20,21)/t5-,6+,7+/m0/s1. The smallest absolute Gasteiger partial charge is 0.390 e. The monoisotopic (exact) mass is 361 g/mol. The number of phosphoric acid groups is 1. The number of nitrogens with two attached hydrogens (primary N) is 1. The number of hydrogen-bond acceptors (Lipinski definition) is 8. The number of aromatic nitrogens is 4. The maximum absolute atomic E-state index is 12.1. The fraction of sp³-hybridized carbons (Fsp3) is 0.545. The van der Waals surface area contributed by atoms with Gasteiger partial charge in [-0.2, -0.15) is 4.98 Å². The van der Waals surface area contributed by atoms with Crippen LogP contribution in [0.2, 0.25) is 0 Å².